The van der Waals surface area contributed by atoms with E-state index in [9.17, 15) is 0 Å². The molecule has 1 aliphatic rings. The topological polar surface area (TPSA) is 64.3 Å². The van der Waals surface area contributed by atoms with Gasteiger partial charge >= 0.3 is 0 Å². The van der Waals surface area contributed by atoms with Gasteiger partial charge in [0.15, 0.2) is 0 Å². The van der Waals surface area contributed by atoms with Gasteiger partial charge in [0.1, 0.15) is 17.5 Å². The molecule has 0 aliphatic carbocycles. The Morgan fingerprint density at radius 1 is 1.37 bits per heavy atom. The fraction of sp³-hybridized carbons (Fsp3) is 0.714. The molecule has 0 unspecified atom stereocenters. The summed E-state index contributed by atoms with van der Waals surface area (Å²) in [7, 11) is 0. The van der Waals surface area contributed by atoms with Gasteiger partial charge in [0.05, 0.1) is 6.10 Å². The molecule has 0 spiro atoms. The largest absolute Gasteiger partial charge is 0.384 e. The second kappa shape index (κ2) is 6.19. The Hall–Kier alpha value is -1.36. The summed E-state index contributed by atoms with van der Waals surface area (Å²) in [5.41, 5.74) is 5.88. The van der Waals surface area contributed by atoms with Crippen molar-refractivity contribution < 1.29 is 4.74 Å². The van der Waals surface area contributed by atoms with Crippen LogP contribution in [0, 0.1) is 0 Å². The van der Waals surface area contributed by atoms with Gasteiger partial charge in [-0.15, -0.1) is 0 Å². The van der Waals surface area contributed by atoms with Gasteiger partial charge in [-0.1, -0.05) is 13.8 Å². The number of hydrogen-bond acceptors (Lipinski definition) is 5. The van der Waals surface area contributed by atoms with Gasteiger partial charge < -0.3 is 15.4 Å². The first kappa shape index (κ1) is 14.1. The predicted molar refractivity (Wildman–Crippen MR) is 77.4 cm³/mol. The average molecular weight is 264 g/mol. The van der Waals surface area contributed by atoms with E-state index in [2.05, 4.69) is 28.7 Å². The first-order valence-corrected chi connectivity index (χ1v) is 7.11. The van der Waals surface area contributed by atoms with Crippen LogP contribution in [-0.2, 0) is 4.74 Å². The maximum Gasteiger partial charge on any atom is 0.135 e. The second-order valence-electron chi connectivity index (χ2n) is 5.31. The highest BCUT2D eigenvalue weighted by Crippen LogP contribution is 2.22. The summed E-state index contributed by atoms with van der Waals surface area (Å²) in [4.78, 5) is 11.2. The molecule has 106 valence electrons. The van der Waals surface area contributed by atoms with Crippen molar-refractivity contribution >= 4 is 11.6 Å². The first-order valence-electron chi connectivity index (χ1n) is 7.11. The number of rotatable bonds is 4. The van der Waals surface area contributed by atoms with E-state index in [-0.39, 0.29) is 0 Å². The summed E-state index contributed by atoms with van der Waals surface area (Å²) in [5.74, 6) is 2.62. The minimum atomic E-state index is 0.295. The second-order valence-corrected chi connectivity index (χ2v) is 5.31. The molecule has 0 bridgehead atoms. The molecule has 1 aliphatic heterocycles. The third-order valence-electron chi connectivity index (χ3n) is 3.43. The van der Waals surface area contributed by atoms with E-state index in [4.69, 9.17) is 10.5 Å². The molecule has 0 saturated carbocycles. The molecule has 1 fully saturated rings. The van der Waals surface area contributed by atoms with Crippen molar-refractivity contribution in [1.82, 2.24) is 9.97 Å². The Morgan fingerprint density at radius 3 is 2.63 bits per heavy atom. The van der Waals surface area contributed by atoms with Crippen LogP contribution in [0.4, 0.5) is 11.6 Å². The molecule has 0 atom stereocenters. The normalized spacial score (nSPS) is 17.2. The van der Waals surface area contributed by atoms with Gasteiger partial charge in [0, 0.05) is 31.7 Å². The molecule has 1 saturated heterocycles. The van der Waals surface area contributed by atoms with Crippen LogP contribution in [0.3, 0.4) is 0 Å². The lowest BCUT2D eigenvalue weighted by Crippen LogP contribution is -2.37. The number of piperidine rings is 1. The van der Waals surface area contributed by atoms with E-state index in [1.54, 1.807) is 0 Å². The maximum absolute atomic E-state index is 5.88. The summed E-state index contributed by atoms with van der Waals surface area (Å²) in [6, 6.07) is 1.87. The molecule has 1 aromatic heterocycles. The van der Waals surface area contributed by atoms with Crippen LogP contribution >= 0.6 is 0 Å². The lowest BCUT2D eigenvalue weighted by atomic mass is 10.1. The SMILES string of the molecule is CCOC1CCN(c2cc(N)nc(C(C)C)n2)CC1. The molecular formula is C14H24N4O. The van der Waals surface area contributed by atoms with Crippen molar-refractivity contribution in [2.75, 3.05) is 30.3 Å². The lowest BCUT2D eigenvalue weighted by molar-refractivity contribution is 0.0458. The number of ether oxygens (including phenoxy) is 1. The van der Waals surface area contributed by atoms with Gasteiger partial charge in [0.25, 0.3) is 0 Å². The zero-order valence-corrected chi connectivity index (χ0v) is 12.1. The Morgan fingerprint density at radius 2 is 2.05 bits per heavy atom. The Labute approximate surface area is 115 Å². The van der Waals surface area contributed by atoms with Crippen molar-refractivity contribution in [3.63, 3.8) is 0 Å². The van der Waals surface area contributed by atoms with Crippen LogP contribution in [0.25, 0.3) is 0 Å². The van der Waals surface area contributed by atoms with Crippen LogP contribution in [0.1, 0.15) is 45.4 Å². The quantitative estimate of drug-likeness (QED) is 0.903. The summed E-state index contributed by atoms with van der Waals surface area (Å²) < 4.78 is 5.67. The molecular weight excluding hydrogens is 240 g/mol. The molecule has 1 aromatic rings. The molecule has 0 amide bonds. The fourth-order valence-electron chi connectivity index (χ4n) is 2.38. The molecule has 2 rings (SSSR count). The third-order valence-corrected chi connectivity index (χ3v) is 3.43. The minimum absolute atomic E-state index is 0.295. The summed E-state index contributed by atoms with van der Waals surface area (Å²) in [6.45, 7) is 8.95. The zero-order chi connectivity index (χ0) is 13.8. The number of anilines is 2. The number of aromatic nitrogens is 2. The average Bonchev–Trinajstić information content (AvgIpc) is 2.39. The van der Waals surface area contributed by atoms with Gasteiger partial charge in [-0.2, -0.15) is 0 Å². The van der Waals surface area contributed by atoms with Gasteiger partial charge in [-0.25, -0.2) is 9.97 Å². The van der Waals surface area contributed by atoms with Crippen LogP contribution in [-0.4, -0.2) is 35.8 Å². The van der Waals surface area contributed by atoms with E-state index in [1.165, 1.54) is 0 Å². The highest BCUT2D eigenvalue weighted by Gasteiger charge is 2.21. The molecule has 0 aromatic carbocycles. The van der Waals surface area contributed by atoms with Crippen LogP contribution in [0.5, 0.6) is 0 Å². The lowest BCUT2D eigenvalue weighted by Gasteiger charge is -2.32. The van der Waals surface area contributed by atoms with E-state index < -0.39 is 0 Å². The highest BCUT2D eigenvalue weighted by molar-refractivity contribution is 5.47. The smallest absolute Gasteiger partial charge is 0.135 e. The van der Waals surface area contributed by atoms with E-state index in [0.29, 0.717) is 17.8 Å². The molecule has 5 nitrogen and oxygen atoms in total. The highest BCUT2D eigenvalue weighted by atomic mass is 16.5. The Kier molecular flexibility index (Phi) is 4.58. The third kappa shape index (κ3) is 3.56. The van der Waals surface area contributed by atoms with Crippen molar-refractivity contribution in [2.45, 2.75) is 45.6 Å². The number of nitrogens with zero attached hydrogens (tertiary/aromatic N) is 3. The Bertz CT molecular complexity index is 414. The van der Waals surface area contributed by atoms with Gasteiger partial charge in [-0.3, -0.25) is 0 Å². The predicted octanol–water partition coefficient (Wildman–Crippen LogP) is 2.19. The van der Waals surface area contributed by atoms with E-state index >= 15 is 0 Å². The molecule has 0 radical (unpaired) electrons. The Balaban J connectivity index is 2.06. The molecule has 2 N–H and O–H groups in total. The first-order chi connectivity index (χ1) is 9.10. The van der Waals surface area contributed by atoms with E-state index in [1.807, 2.05) is 13.0 Å². The summed E-state index contributed by atoms with van der Waals surface area (Å²) in [6.07, 6.45) is 2.49. The van der Waals surface area contributed by atoms with Crippen LogP contribution in [0.15, 0.2) is 6.07 Å². The van der Waals surface area contributed by atoms with Crippen molar-refractivity contribution in [2.24, 2.45) is 0 Å². The standard InChI is InChI=1S/C14H24N4O/c1-4-19-11-5-7-18(8-6-11)13-9-12(15)16-14(17-13)10(2)3/h9-11H,4-8H2,1-3H3,(H2,15,16,17). The molecule has 19 heavy (non-hydrogen) atoms. The fourth-order valence-corrected chi connectivity index (χ4v) is 2.38. The number of nitrogens with two attached hydrogens (primary N) is 1. The van der Waals surface area contributed by atoms with E-state index in [0.717, 1.165) is 44.2 Å². The monoisotopic (exact) mass is 264 g/mol. The minimum Gasteiger partial charge on any atom is -0.384 e. The van der Waals surface area contributed by atoms with Gasteiger partial charge in [0.2, 0.25) is 0 Å². The van der Waals surface area contributed by atoms with Crippen LogP contribution in [0.2, 0.25) is 0 Å². The number of nitrogen functional groups attached to an aromatic ring is 1. The summed E-state index contributed by atoms with van der Waals surface area (Å²) in [5, 5.41) is 0. The molecule has 2 heterocycles. The van der Waals surface area contributed by atoms with Crippen LogP contribution < -0.4 is 10.6 Å². The summed E-state index contributed by atoms with van der Waals surface area (Å²) >= 11 is 0. The van der Waals surface area contributed by atoms with Crippen molar-refractivity contribution in [3.8, 4) is 0 Å². The number of hydrogen-bond donors (Lipinski definition) is 1. The maximum atomic E-state index is 5.88. The molecule has 5 heteroatoms. The van der Waals surface area contributed by atoms with Crippen molar-refractivity contribution in [3.05, 3.63) is 11.9 Å². The van der Waals surface area contributed by atoms with Crippen molar-refractivity contribution in [1.29, 1.82) is 0 Å². The van der Waals surface area contributed by atoms with Gasteiger partial charge in [-0.05, 0) is 19.8 Å². The zero-order valence-electron chi connectivity index (χ0n) is 12.1.